The van der Waals surface area contributed by atoms with Gasteiger partial charge in [-0.2, -0.15) is 0 Å². The van der Waals surface area contributed by atoms with Crippen LogP contribution in [0.15, 0.2) is 0 Å². The molecule has 0 unspecified atom stereocenters. The maximum absolute atomic E-state index is 12.8. The molecule has 26 heavy (non-hydrogen) atoms. The number of rotatable bonds is 9. The first kappa shape index (κ1) is 19.1. The van der Waals surface area contributed by atoms with Crippen molar-refractivity contribution in [2.24, 2.45) is 23.2 Å². The average Bonchev–Trinajstić information content (AvgIpc) is 2.59. The summed E-state index contributed by atoms with van der Waals surface area (Å²) in [7, 11) is 1.55. The summed E-state index contributed by atoms with van der Waals surface area (Å²) in [6, 6.07) is 0. The molecule has 0 heterocycles. The van der Waals surface area contributed by atoms with Gasteiger partial charge in [0.1, 0.15) is 0 Å². The van der Waals surface area contributed by atoms with Gasteiger partial charge in [-0.25, -0.2) is 0 Å². The van der Waals surface area contributed by atoms with E-state index in [0.29, 0.717) is 30.9 Å². The molecule has 0 aromatic carbocycles. The Bertz CT molecular complexity index is 513. The van der Waals surface area contributed by atoms with E-state index in [4.69, 9.17) is 9.47 Å². The molecule has 0 saturated heterocycles. The van der Waals surface area contributed by atoms with Gasteiger partial charge in [0.2, 0.25) is 5.91 Å². The van der Waals surface area contributed by atoms with Crippen molar-refractivity contribution in [1.29, 1.82) is 0 Å². The molecular formula is C19H30N2O5. The number of ether oxygens (including phenoxy) is 2. The number of carbonyl (C=O) groups is 3. The molecule has 4 rings (SSSR count). The van der Waals surface area contributed by atoms with Crippen LogP contribution in [-0.2, 0) is 23.9 Å². The van der Waals surface area contributed by atoms with E-state index in [1.165, 1.54) is 19.3 Å². The van der Waals surface area contributed by atoms with Gasteiger partial charge in [0.05, 0.1) is 13.0 Å². The lowest BCUT2D eigenvalue weighted by Crippen LogP contribution is -2.53. The van der Waals surface area contributed by atoms with Crippen molar-refractivity contribution in [3.8, 4) is 0 Å². The quantitative estimate of drug-likeness (QED) is 0.469. The Balaban J connectivity index is 1.34. The molecule has 2 amide bonds. The highest BCUT2D eigenvalue weighted by molar-refractivity contribution is 5.84. The minimum absolute atomic E-state index is 0.0868. The van der Waals surface area contributed by atoms with Crippen LogP contribution in [0.1, 0.15) is 44.9 Å². The van der Waals surface area contributed by atoms with Crippen LogP contribution in [-0.4, -0.2) is 51.2 Å². The monoisotopic (exact) mass is 366 g/mol. The Labute approximate surface area is 154 Å². The number of amides is 2. The summed E-state index contributed by atoms with van der Waals surface area (Å²) in [6.45, 7) is 0.764. The van der Waals surface area contributed by atoms with Crippen LogP contribution in [0.5, 0.6) is 0 Å². The van der Waals surface area contributed by atoms with Crippen LogP contribution < -0.4 is 10.6 Å². The molecule has 0 radical (unpaired) electrons. The molecule has 7 nitrogen and oxygen atoms in total. The second-order valence-corrected chi connectivity index (χ2v) is 8.21. The summed E-state index contributed by atoms with van der Waals surface area (Å²) in [5.74, 6) is 1.43. The zero-order chi connectivity index (χ0) is 18.6. The van der Waals surface area contributed by atoms with Crippen molar-refractivity contribution in [2.75, 3.05) is 33.4 Å². The van der Waals surface area contributed by atoms with Crippen LogP contribution >= 0.6 is 0 Å². The summed E-state index contributed by atoms with van der Waals surface area (Å²) in [5, 5.41) is 5.52. The second-order valence-electron chi connectivity index (χ2n) is 8.21. The van der Waals surface area contributed by atoms with Gasteiger partial charge in [-0.1, -0.05) is 0 Å². The Morgan fingerprint density at radius 3 is 2.15 bits per heavy atom. The van der Waals surface area contributed by atoms with Crippen molar-refractivity contribution in [1.82, 2.24) is 10.6 Å². The molecule has 4 bridgehead atoms. The van der Waals surface area contributed by atoms with E-state index in [0.717, 1.165) is 19.3 Å². The maximum Gasteiger partial charge on any atom is 0.308 e. The van der Waals surface area contributed by atoms with Crippen LogP contribution in [0.2, 0.25) is 0 Å². The van der Waals surface area contributed by atoms with Gasteiger partial charge in [-0.15, -0.1) is 0 Å². The van der Waals surface area contributed by atoms with E-state index in [1.54, 1.807) is 7.11 Å². The van der Waals surface area contributed by atoms with Crippen molar-refractivity contribution in [3.05, 3.63) is 0 Å². The number of hydrogen-bond acceptors (Lipinski definition) is 5. The molecule has 4 aliphatic carbocycles. The van der Waals surface area contributed by atoms with Crippen molar-refractivity contribution >= 4 is 17.8 Å². The van der Waals surface area contributed by atoms with Crippen LogP contribution in [0.3, 0.4) is 0 Å². The number of carbonyl (C=O) groups excluding carboxylic acids is 3. The molecule has 0 atom stereocenters. The normalized spacial score (nSPS) is 31.5. The Kier molecular flexibility index (Phi) is 6.16. The van der Waals surface area contributed by atoms with Gasteiger partial charge in [-0.3, -0.25) is 14.4 Å². The van der Waals surface area contributed by atoms with E-state index < -0.39 is 5.97 Å². The van der Waals surface area contributed by atoms with Crippen LogP contribution in [0.4, 0.5) is 0 Å². The Hall–Kier alpha value is -1.63. The van der Waals surface area contributed by atoms with Crippen molar-refractivity contribution in [2.45, 2.75) is 44.9 Å². The average molecular weight is 366 g/mol. The number of hydrogen-bond donors (Lipinski definition) is 2. The molecule has 146 valence electrons. The van der Waals surface area contributed by atoms with Gasteiger partial charge in [0.15, 0.2) is 6.61 Å². The topological polar surface area (TPSA) is 93.7 Å². The van der Waals surface area contributed by atoms with Gasteiger partial charge < -0.3 is 20.1 Å². The zero-order valence-corrected chi connectivity index (χ0v) is 15.6. The minimum atomic E-state index is -0.474. The number of esters is 1. The van der Waals surface area contributed by atoms with Crippen LogP contribution in [0, 0.1) is 23.2 Å². The smallest absolute Gasteiger partial charge is 0.308 e. The zero-order valence-electron chi connectivity index (χ0n) is 15.6. The van der Waals surface area contributed by atoms with Crippen LogP contribution in [0.25, 0.3) is 0 Å². The lowest BCUT2D eigenvalue weighted by molar-refractivity contribution is -0.149. The Morgan fingerprint density at radius 1 is 0.962 bits per heavy atom. The summed E-state index contributed by atoms with van der Waals surface area (Å²) in [4.78, 5) is 35.9. The van der Waals surface area contributed by atoms with Gasteiger partial charge in [0, 0.05) is 25.6 Å². The largest absolute Gasteiger partial charge is 0.456 e. The SMILES string of the molecule is COCCNC(=O)COC(=O)CCNC(=O)C12CC3CC(CC(C3)C1)C2. The van der Waals surface area contributed by atoms with E-state index in [2.05, 4.69) is 10.6 Å². The lowest BCUT2D eigenvalue weighted by Gasteiger charge is -2.55. The highest BCUT2D eigenvalue weighted by Crippen LogP contribution is 2.60. The highest BCUT2D eigenvalue weighted by Gasteiger charge is 2.54. The molecular weight excluding hydrogens is 336 g/mol. The molecule has 4 aliphatic rings. The predicted molar refractivity (Wildman–Crippen MR) is 94.1 cm³/mol. The van der Waals surface area contributed by atoms with Gasteiger partial charge >= 0.3 is 5.97 Å². The fourth-order valence-electron chi connectivity index (χ4n) is 5.42. The third-order valence-corrected chi connectivity index (χ3v) is 6.13. The fraction of sp³-hybridized carbons (Fsp3) is 0.842. The molecule has 0 aliphatic heterocycles. The summed E-state index contributed by atoms with van der Waals surface area (Å²) in [6.07, 6.45) is 7.01. The molecule has 0 spiro atoms. The first-order valence-corrected chi connectivity index (χ1v) is 9.70. The summed E-state index contributed by atoms with van der Waals surface area (Å²) in [5.41, 5.74) is -0.195. The second kappa shape index (κ2) is 8.37. The fourth-order valence-corrected chi connectivity index (χ4v) is 5.42. The van der Waals surface area contributed by atoms with Gasteiger partial charge in [-0.05, 0) is 56.3 Å². The summed E-state index contributed by atoms with van der Waals surface area (Å²) >= 11 is 0. The molecule has 4 fully saturated rings. The molecule has 0 aromatic rings. The maximum atomic E-state index is 12.8. The summed E-state index contributed by atoms with van der Waals surface area (Å²) < 4.78 is 9.74. The number of nitrogens with one attached hydrogen (secondary N) is 2. The molecule has 0 aromatic heterocycles. The van der Waals surface area contributed by atoms with E-state index in [1.807, 2.05) is 0 Å². The minimum Gasteiger partial charge on any atom is -0.456 e. The van der Waals surface area contributed by atoms with Crippen molar-refractivity contribution in [3.63, 3.8) is 0 Å². The number of methoxy groups -OCH3 is 1. The first-order chi connectivity index (χ1) is 12.5. The van der Waals surface area contributed by atoms with Gasteiger partial charge in [0.25, 0.3) is 5.91 Å². The molecule has 7 heteroatoms. The Morgan fingerprint density at radius 2 is 1.58 bits per heavy atom. The standard InChI is InChI=1S/C19H30N2O5/c1-25-5-4-20-16(22)12-26-17(23)2-3-21-18(24)19-9-13-6-14(10-19)8-15(7-13)11-19/h13-15H,2-12H2,1H3,(H,20,22)(H,21,24). The predicted octanol–water partition coefficient (Wildman–Crippen LogP) is 1.01. The van der Waals surface area contributed by atoms with E-state index in [-0.39, 0.29) is 36.8 Å². The van der Waals surface area contributed by atoms with E-state index in [9.17, 15) is 14.4 Å². The van der Waals surface area contributed by atoms with Crippen molar-refractivity contribution < 1.29 is 23.9 Å². The third kappa shape index (κ3) is 4.55. The lowest BCUT2D eigenvalue weighted by atomic mass is 9.49. The molecule has 2 N–H and O–H groups in total. The first-order valence-electron chi connectivity index (χ1n) is 9.70. The molecule has 4 saturated carbocycles. The highest BCUT2D eigenvalue weighted by atomic mass is 16.5. The third-order valence-electron chi connectivity index (χ3n) is 6.13. The van der Waals surface area contributed by atoms with E-state index >= 15 is 0 Å².